The smallest absolute Gasteiger partial charge is 0.159 e. The fourth-order valence-corrected chi connectivity index (χ4v) is 3.74. The standard InChI is InChI=1S/C30H39FN2O2/c1-4-6-7-8-9-10-19-34-27-17-13-25(14-18-27)30-32-20-26(21-33-30)24-11-15-28(16-12-24)35-22-29(31)23(3)5-2/h11-18,20-21,23,29H,4-10,19,22H2,1-3H3. The number of unbranched alkanes of at least 4 members (excludes halogenated alkanes) is 5. The maximum atomic E-state index is 14.0. The molecule has 0 radical (unpaired) electrons. The third-order valence-electron chi connectivity index (χ3n) is 6.39. The average molecular weight is 479 g/mol. The minimum absolute atomic E-state index is 0.00114. The van der Waals surface area contributed by atoms with E-state index < -0.39 is 6.17 Å². The normalized spacial score (nSPS) is 12.8. The summed E-state index contributed by atoms with van der Waals surface area (Å²) in [4.78, 5) is 9.09. The summed E-state index contributed by atoms with van der Waals surface area (Å²) in [6.45, 7) is 6.96. The van der Waals surface area contributed by atoms with Crippen molar-refractivity contribution in [2.24, 2.45) is 5.92 Å². The minimum Gasteiger partial charge on any atom is -0.494 e. The lowest BCUT2D eigenvalue weighted by Gasteiger charge is -2.15. The summed E-state index contributed by atoms with van der Waals surface area (Å²) in [5.74, 6) is 2.22. The van der Waals surface area contributed by atoms with Crippen molar-refractivity contribution in [3.63, 3.8) is 0 Å². The van der Waals surface area contributed by atoms with Crippen molar-refractivity contribution in [2.45, 2.75) is 71.9 Å². The van der Waals surface area contributed by atoms with Gasteiger partial charge >= 0.3 is 0 Å². The van der Waals surface area contributed by atoms with Gasteiger partial charge in [0.15, 0.2) is 5.82 Å². The van der Waals surface area contributed by atoms with Gasteiger partial charge in [0.25, 0.3) is 0 Å². The lowest BCUT2D eigenvalue weighted by atomic mass is 10.0. The number of rotatable bonds is 15. The van der Waals surface area contributed by atoms with Crippen LogP contribution in [0.25, 0.3) is 22.5 Å². The molecule has 4 nitrogen and oxygen atoms in total. The largest absolute Gasteiger partial charge is 0.494 e. The van der Waals surface area contributed by atoms with E-state index in [4.69, 9.17) is 9.47 Å². The van der Waals surface area contributed by atoms with Crippen molar-refractivity contribution >= 4 is 0 Å². The number of ether oxygens (including phenoxy) is 2. The highest BCUT2D eigenvalue weighted by Gasteiger charge is 2.15. The van der Waals surface area contributed by atoms with Gasteiger partial charge in [-0.1, -0.05) is 71.4 Å². The number of aromatic nitrogens is 2. The van der Waals surface area contributed by atoms with E-state index in [0.29, 0.717) is 11.6 Å². The van der Waals surface area contributed by atoms with E-state index in [1.165, 1.54) is 32.1 Å². The summed E-state index contributed by atoms with van der Waals surface area (Å²) in [5.41, 5.74) is 2.86. The monoisotopic (exact) mass is 478 g/mol. The Morgan fingerprint density at radius 1 is 0.714 bits per heavy atom. The summed E-state index contributed by atoms with van der Waals surface area (Å²) in [6, 6.07) is 15.6. The van der Waals surface area contributed by atoms with Crippen LogP contribution >= 0.6 is 0 Å². The highest BCUT2D eigenvalue weighted by Crippen LogP contribution is 2.25. The van der Waals surface area contributed by atoms with Crippen LogP contribution in [0.3, 0.4) is 0 Å². The highest BCUT2D eigenvalue weighted by atomic mass is 19.1. The van der Waals surface area contributed by atoms with E-state index in [0.717, 1.165) is 41.9 Å². The predicted octanol–water partition coefficient (Wildman–Crippen LogP) is 8.31. The summed E-state index contributed by atoms with van der Waals surface area (Å²) in [6.07, 6.45) is 11.0. The van der Waals surface area contributed by atoms with Crippen LogP contribution in [0.1, 0.15) is 65.7 Å². The number of nitrogens with zero attached hydrogens (tertiary/aromatic N) is 2. The first kappa shape index (κ1) is 26.7. The maximum absolute atomic E-state index is 14.0. The highest BCUT2D eigenvalue weighted by molar-refractivity contribution is 5.64. The zero-order valence-corrected chi connectivity index (χ0v) is 21.4. The van der Waals surface area contributed by atoms with Gasteiger partial charge in [0.1, 0.15) is 24.3 Å². The molecule has 2 unspecified atom stereocenters. The Morgan fingerprint density at radius 3 is 1.91 bits per heavy atom. The summed E-state index contributed by atoms with van der Waals surface area (Å²) < 4.78 is 25.5. The molecule has 0 saturated carbocycles. The second-order valence-electron chi connectivity index (χ2n) is 9.17. The van der Waals surface area contributed by atoms with Crippen LogP contribution in [0.4, 0.5) is 4.39 Å². The maximum Gasteiger partial charge on any atom is 0.159 e. The number of hydrogen-bond acceptors (Lipinski definition) is 4. The van der Waals surface area contributed by atoms with Crippen LogP contribution in [0.5, 0.6) is 11.5 Å². The molecule has 0 bridgehead atoms. The van der Waals surface area contributed by atoms with Gasteiger partial charge in [0.05, 0.1) is 6.61 Å². The number of halogens is 1. The first-order chi connectivity index (χ1) is 17.1. The lowest BCUT2D eigenvalue weighted by Crippen LogP contribution is -2.20. The van der Waals surface area contributed by atoms with Crippen molar-refractivity contribution in [2.75, 3.05) is 13.2 Å². The Morgan fingerprint density at radius 2 is 1.29 bits per heavy atom. The molecule has 188 valence electrons. The second kappa shape index (κ2) is 14.4. The fourth-order valence-electron chi connectivity index (χ4n) is 3.74. The van der Waals surface area contributed by atoms with E-state index in [1.807, 2.05) is 74.8 Å². The van der Waals surface area contributed by atoms with Gasteiger partial charge in [-0.15, -0.1) is 0 Å². The first-order valence-corrected chi connectivity index (χ1v) is 13.0. The van der Waals surface area contributed by atoms with Crippen LogP contribution in [-0.4, -0.2) is 29.4 Å². The third kappa shape index (κ3) is 8.65. The molecule has 0 aliphatic rings. The molecule has 2 atom stereocenters. The fraction of sp³-hybridized carbons (Fsp3) is 0.467. The van der Waals surface area contributed by atoms with E-state index in [2.05, 4.69) is 16.9 Å². The molecule has 35 heavy (non-hydrogen) atoms. The lowest BCUT2D eigenvalue weighted by molar-refractivity contribution is 0.145. The van der Waals surface area contributed by atoms with Gasteiger partial charge in [-0.05, 0) is 54.3 Å². The van der Waals surface area contributed by atoms with E-state index in [-0.39, 0.29) is 12.5 Å². The molecule has 1 aromatic heterocycles. The van der Waals surface area contributed by atoms with Crippen molar-refractivity contribution in [1.29, 1.82) is 0 Å². The van der Waals surface area contributed by atoms with Gasteiger partial charge in [-0.25, -0.2) is 14.4 Å². The van der Waals surface area contributed by atoms with Crippen LogP contribution in [0, 0.1) is 5.92 Å². The summed E-state index contributed by atoms with van der Waals surface area (Å²) in [7, 11) is 0. The van der Waals surface area contributed by atoms with E-state index in [1.54, 1.807) is 0 Å². The Hall–Kier alpha value is -2.95. The molecule has 3 rings (SSSR count). The Kier molecular flexibility index (Phi) is 11.0. The molecule has 0 saturated heterocycles. The molecule has 0 fully saturated rings. The van der Waals surface area contributed by atoms with E-state index in [9.17, 15) is 4.39 Å². The SMILES string of the molecule is CCCCCCCCOc1ccc(-c2ncc(-c3ccc(OCC(F)C(C)CC)cc3)cn2)cc1. The molecule has 1 heterocycles. The van der Waals surface area contributed by atoms with Crippen molar-refractivity contribution in [3.8, 4) is 34.0 Å². The number of alkyl halides is 1. The average Bonchev–Trinajstić information content (AvgIpc) is 2.91. The molecular weight excluding hydrogens is 439 g/mol. The topological polar surface area (TPSA) is 44.2 Å². The number of hydrogen-bond donors (Lipinski definition) is 0. The summed E-state index contributed by atoms with van der Waals surface area (Å²) in [5, 5.41) is 0. The van der Waals surface area contributed by atoms with E-state index >= 15 is 0 Å². The molecule has 0 spiro atoms. The molecule has 5 heteroatoms. The van der Waals surface area contributed by atoms with Crippen LogP contribution < -0.4 is 9.47 Å². The Bertz CT molecular complexity index is 975. The summed E-state index contributed by atoms with van der Waals surface area (Å²) >= 11 is 0. The zero-order chi connectivity index (χ0) is 24.9. The molecule has 0 aliphatic carbocycles. The predicted molar refractivity (Wildman–Crippen MR) is 142 cm³/mol. The first-order valence-electron chi connectivity index (χ1n) is 13.0. The minimum atomic E-state index is -0.957. The van der Waals surface area contributed by atoms with Gasteiger partial charge in [-0.3, -0.25) is 0 Å². The second-order valence-corrected chi connectivity index (χ2v) is 9.17. The zero-order valence-electron chi connectivity index (χ0n) is 21.4. The molecule has 0 N–H and O–H groups in total. The van der Waals surface area contributed by atoms with Crippen LogP contribution in [-0.2, 0) is 0 Å². The van der Waals surface area contributed by atoms with Crippen LogP contribution in [0.2, 0.25) is 0 Å². The molecule has 3 aromatic rings. The number of benzene rings is 2. The molecule has 2 aromatic carbocycles. The molecule has 0 aliphatic heterocycles. The molecule has 0 amide bonds. The van der Waals surface area contributed by atoms with Gasteiger partial charge < -0.3 is 9.47 Å². The quantitative estimate of drug-likeness (QED) is 0.206. The van der Waals surface area contributed by atoms with Crippen LogP contribution in [0.15, 0.2) is 60.9 Å². The van der Waals surface area contributed by atoms with Gasteiger partial charge in [0, 0.05) is 23.5 Å². The van der Waals surface area contributed by atoms with Crippen molar-refractivity contribution in [1.82, 2.24) is 9.97 Å². The van der Waals surface area contributed by atoms with Gasteiger partial charge in [-0.2, -0.15) is 0 Å². The Labute approximate surface area is 209 Å². The van der Waals surface area contributed by atoms with Gasteiger partial charge in [0.2, 0.25) is 0 Å². The third-order valence-corrected chi connectivity index (χ3v) is 6.39. The van der Waals surface area contributed by atoms with Crippen molar-refractivity contribution in [3.05, 3.63) is 60.9 Å². The van der Waals surface area contributed by atoms with Crippen molar-refractivity contribution < 1.29 is 13.9 Å². The molecular formula is C30H39FN2O2. The Balaban J connectivity index is 1.48.